The molecule has 0 spiro atoms. The largest absolute Gasteiger partial charge is 0.492 e. The topological polar surface area (TPSA) is 160 Å². The number of hydrogen-bond donors (Lipinski definition) is 4. The number of piperidine rings is 1. The number of nitrogens with zero attached hydrogens (tertiary/aromatic N) is 3. The van der Waals surface area contributed by atoms with Crippen LogP contribution in [-0.4, -0.2) is 70.0 Å². The fraction of sp³-hybridized carbons (Fsp3) is 0.387. The van der Waals surface area contributed by atoms with Crippen LogP contribution in [0, 0.1) is 11.3 Å². The van der Waals surface area contributed by atoms with E-state index in [-0.39, 0.29) is 11.8 Å². The number of carboxylic acid groups (broad SMARTS) is 1. The van der Waals surface area contributed by atoms with Crippen molar-refractivity contribution in [2.75, 3.05) is 31.6 Å². The zero-order valence-corrected chi connectivity index (χ0v) is 24.2. The van der Waals surface area contributed by atoms with Gasteiger partial charge >= 0.3 is 5.97 Å². The van der Waals surface area contributed by atoms with Crippen molar-refractivity contribution in [1.29, 1.82) is 0 Å². The highest BCUT2D eigenvalue weighted by Crippen LogP contribution is 2.23. The number of aliphatic carboxylic acids is 1. The number of carbonyl (C=O) groups is 3. The van der Waals surface area contributed by atoms with Crippen LogP contribution in [0.3, 0.4) is 0 Å². The van der Waals surface area contributed by atoms with E-state index in [2.05, 4.69) is 25.5 Å². The molecule has 1 saturated heterocycles. The summed E-state index contributed by atoms with van der Waals surface area (Å²) in [6.07, 6.45) is 4.98. The van der Waals surface area contributed by atoms with Gasteiger partial charge in [0.15, 0.2) is 0 Å². The molecule has 0 radical (unpaired) electrons. The monoisotopic (exact) mass is 574 g/mol. The van der Waals surface area contributed by atoms with Gasteiger partial charge in [-0.2, -0.15) is 0 Å². The number of primary amides is 1. The number of benzene rings is 2. The summed E-state index contributed by atoms with van der Waals surface area (Å²) in [5.41, 5.74) is 7.55. The molecule has 1 fully saturated rings. The first kappa shape index (κ1) is 30.4. The van der Waals surface area contributed by atoms with Crippen molar-refractivity contribution in [3.8, 4) is 16.9 Å². The molecule has 222 valence electrons. The molecular formula is C31H38N6O5. The fourth-order valence-corrected chi connectivity index (χ4v) is 4.72. The van der Waals surface area contributed by atoms with E-state index in [1.807, 2.05) is 24.3 Å². The van der Waals surface area contributed by atoms with Gasteiger partial charge in [0.2, 0.25) is 11.9 Å². The third-order valence-corrected chi connectivity index (χ3v) is 7.30. The third-order valence-electron chi connectivity index (χ3n) is 7.30. The van der Waals surface area contributed by atoms with Crippen LogP contribution in [0.1, 0.15) is 44.0 Å². The maximum atomic E-state index is 12.6. The number of likely N-dealkylation sites (tertiary alicyclic amines) is 1. The molecule has 1 aromatic heterocycles. The van der Waals surface area contributed by atoms with E-state index in [1.165, 1.54) is 0 Å². The summed E-state index contributed by atoms with van der Waals surface area (Å²) in [4.78, 5) is 46.6. The molecule has 0 saturated carbocycles. The molecule has 2 heterocycles. The highest BCUT2D eigenvalue weighted by Gasteiger charge is 2.32. The molecule has 1 aliphatic rings. The molecule has 11 heteroatoms. The Labute approximate surface area is 245 Å². The second-order valence-corrected chi connectivity index (χ2v) is 11.5. The second-order valence-electron chi connectivity index (χ2n) is 11.5. The lowest BCUT2D eigenvalue weighted by molar-refractivity contribution is -0.142. The van der Waals surface area contributed by atoms with Gasteiger partial charge in [0, 0.05) is 41.7 Å². The van der Waals surface area contributed by atoms with Gasteiger partial charge in [-0.25, -0.2) is 14.8 Å². The first-order valence-corrected chi connectivity index (χ1v) is 14.0. The van der Waals surface area contributed by atoms with Crippen molar-refractivity contribution < 1.29 is 24.2 Å². The van der Waals surface area contributed by atoms with Gasteiger partial charge < -0.3 is 26.2 Å². The summed E-state index contributed by atoms with van der Waals surface area (Å²) >= 11 is 0. The van der Waals surface area contributed by atoms with Gasteiger partial charge in [0.25, 0.3) is 5.91 Å². The van der Waals surface area contributed by atoms with Crippen LogP contribution >= 0.6 is 0 Å². The van der Waals surface area contributed by atoms with Crippen molar-refractivity contribution in [2.45, 2.75) is 39.7 Å². The van der Waals surface area contributed by atoms with E-state index in [9.17, 15) is 19.5 Å². The molecule has 0 aliphatic carbocycles. The lowest BCUT2D eigenvalue weighted by Gasteiger charge is -2.30. The molecule has 2 aromatic carbocycles. The van der Waals surface area contributed by atoms with Gasteiger partial charge in [-0.3, -0.25) is 14.5 Å². The Balaban J connectivity index is 1.25. The van der Waals surface area contributed by atoms with Crippen LogP contribution in [0.4, 0.5) is 11.6 Å². The second kappa shape index (κ2) is 13.4. The van der Waals surface area contributed by atoms with Crippen molar-refractivity contribution in [3.63, 3.8) is 0 Å². The number of anilines is 2. The van der Waals surface area contributed by atoms with Gasteiger partial charge in [-0.1, -0.05) is 32.9 Å². The smallest absolute Gasteiger partial charge is 0.326 e. The van der Waals surface area contributed by atoms with Crippen LogP contribution in [0.2, 0.25) is 0 Å². The van der Waals surface area contributed by atoms with Crippen molar-refractivity contribution in [1.82, 2.24) is 20.2 Å². The summed E-state index contributed by atoms with van der Waals surface area (Å²) < 4.78 is 5.88. The molecular weight excluding hydrogens is 536 g/mol. The van der Waals surface area contributed by atoms with Crippen molar-refractivity contribution in [2.24, 2.45) is 17.1 Å². The Morgan fingerprint density at radius 2 is 1.62 bits per heavy atom. The summed E-state index contributed by atoms with van der Waals surface area (Å²) in [6, 6.07) is 13.4. The quantitative estimate of drug-likeness (QED) is 0.268. The van der Waals surface area contributed by atoms with Crippen LogP contribution in [0.15, 0.2) is 60.9 Å². The zero-order valence-electron chi connectivity index (χ0n) is 24.2. The first-order valence-electron chi connectivity index (χ1n) is 14.0. The van der Waals surface area contributed by atoms with Crippen LogP contribution < -0.4 is 21.1 Å². The average Bonchev–Trinajstić information content (AvgIpc) is 2.97. The van der Waals surface area contributed by atoms with Crippen LogP contribution in [0.5, 0.6) is 5.75 Å². The number of hydrogen-bond acceptors (Lipinski definition) is 8. The Kier molecular flexibility index (Phi) is 9.74. The van der Waals surface area contributed by atoms with Gasteiger partial charge in [0.1, 0.15) is 18.4 Å². The standard InChI is InChI=1S/C31H38N6O5/c1-31(2,3)26(29(40)41)36-28(39)22-6-4-20(5-7-22)23-18-33-30(34-19-23)35-24-8-10-25(11-9-24)42-17-16-37-14-12-21(13-15-37)27(32)38/h4-11,18-19,21,26H,12-17H2,1-3H3,(H2,32,38)(H,36,39)(H,40,41)(H,33,34,35). The fourth-order valence-electron chi connectivity index (χ4n) is 4.72. The highest BCUT2D eigenvalue weighted by atomic mass is 16.5. The highest BCUT2D eigenvalue weighted by molar-refractivity contribution is 5.97. The SMILES string of the molecule is CC(C)(C)C(NC(=O)c1ccc(-c2cnc(Nc3ccc(OCCN4CCC(C(N)=O)CC4)cc3)nc2)cc1)C(=O)O. The Morgan fingerprint density at radius 1 is 1.00 bits per heavy atom. The van der Waals surface area contributed by atoms with E-state index in [1.54, 1.807) is 57.4 Å². The third kappa shape index (κ3) is 8.26. The number of carboxylic acids is 1. The summed E-state index contributed by atoms with van der Waals surface area (Å²) in [6.45, 7) is 8.36. The number of aromatic nitrogens is 2. The molecule has 3 aromatic rings. The first-order chi connectivity index (χ1) is 20.0. The molecule has 2 amide bonds. The van der Waals surface area contributed by atoms with Crippen molar-refractivity contribution >= 4 is 29.4 Å². The van der Waals surface area contributed by atoms with E-state index >= 15 is 0 Å². The van der Waals surface area contributed by atoms with Gasteiger partial charge in [-0.15, -0.1) is 0 Å². The molecule has 42 heavy (non-hydrogen) atoms. The minimum Gasteiger partial charge on any atom is -0.492 e. The predicted octanol–water partition coefficient (Wildman–Crippen LogP) is 3.69. The lowest BCUT2D eigenvalue weighted by atomic mass is 9.86. The predicted molar refractivity (Wildman–Crippen MR) is 159 cm³/mol. The number of nitrogens with two attached hydrogens (primary N) is 1. The molecule has 0 bridgehead atoms. The Hall–Kier alpha value is -4.51. The molecule has 1 atom stereocenters. The molecule has 5 N–H and O–H groups in total. The maximum absolute atomic E-state index is 12.6. The van der Waals surface area contributed by atoms with Gasteiger partial charge in [-0.05, 0) is 73.3 Å². The molecule has 4 rings (SSSR count). The number of amides is 2. The normalized spacial score (nSPS) is 15.0. The lowest BCUT2D eigenvalue weighted by Crippen LogP contribution is -2.49. The van der Waals surface area contributed by atoms with Crippen LogP contribution in [0.25, 0.3) is 11.1 Å². The molecule has 11 nitrogen and oxygen atoms in total. The summed E-state index contributed by atoms with van der Waals surface area (Å²) in [7, 11) is 0. The van der Waals surface area contributed by atoms with E-state index < -0.39 is 23.3 Å². The zero-order chi connectivity index (χ0) is 30.3. The van der Waals surface area contributed by atoms with E-state index in [4.69, 9.17) is 10.5 Å². The number of rotatable bonds is 11. The summed E-state index contributed by atoms with van der Waals surface area (Å²) in [5, 5.41) is 15.2. The van der Waals surface area contributed by atoms with E-state index in [0.717, 1.165) is 55.0 Å². The minimum absolute atomic E-state index is 0.0104. The molecule has 1 unspecified atom stereocenters. The summed E-state index contributed by atoms with van der Waals surface area (Å²) in [5.74, 6) is -0.539. The maximum Gasteiger partial charge on any atom is 0.326 e. The van der Waals surface area contributed by atoms with Gasteiger partial charge in [0.05, 0.1) is 0 Å². The van der Waals surface area contributed by atoms with Crippen molar-refractivity contribution in [3.05, 3.63) is 66.5 Å². The number of ether oxygens (including phenoxy) is 1. The van der Waals surface area contributed by atoms with E-state index in [0.29, 0.717) is 18.1 Å². The Morgan fingerprint density at radius 3 is 2.17 bits per heavy atom. The van der Waals surface area contributed by atoms with Crippen LogP contribution in [-0.2, 0) is 9.59 Å². The number of nitrogens with one attached hydrogen (secondary N) is 2. The minimum atomic E-state index is -1.08. The molecule has 1 aliphatic heterocycles. The number of carbonyl (C=O) groups excluding carboxylic acids is 2. The average molecular weight is 575 g/mol. The Bertz CT molecular complexity index is 1360.